The van der Waals surface area contributed by atoms with Crippen molar-refractivity contribution in [2.75, 3.05) is 16.8 Å². The number of rotatable bonds is 4. The quantitative estimate of drug-likeness (QED) is 0.396. The number of aryl methyl sites for hydroxylation is 1. The number of hydrogen-bond donors (Lipinski definition) is 3. The Morgan fingerprint density at radius 3 is 2.75 bits per heavy atom. The Kier molecular flexibility index (Phi) is 5.68. The van der Waals surface area contributed by atoms with Crippen LogP contribution in [-0.2, 0) is 17.8 Å². The highest BCUT2D eigenvalue weighted by molar-refractivity contribution is 5.98. The molecular formula is C28H31N7O. The summed E-state index contributed by atoms with van der Waals surface area (Å²) in [7, 11) is 0. The number of carbonyl (C=O) groups excluding carboxylic acids is 1. The van der Waals surface area contributed by atoms with Crippen LogP contribution < -0.4 is 16.0 Å². The van der Waals surface area contributed by atoms with Gasteiger partial charge in [-0.25, -0.2) is 9.97 Å². The third kappa shape index (κ3) is 4.11. The molecule has 8 nitrogen and oxygen atoms in total. The van der Waals surface area contributed by atoms with E-state index in [-0.39, 0.29) is 5.91 Å². The second-order valence-corrected chi connectivity index (χ2v) is 10.2. The summed E-state index contributed by atoms with van der Waals surface area (Å²) in [5, 5.41) is 11.3. The van der Waals surface area contributed by atoms with Gasteiger partial charge in [-0.3, -0.25) is 9.89 Å². The largest absolute Gasteiger partial charge is 0.351 e. The number of amides is 1. The SMILES string of the molecule is Cc1cc(-c2ccn[nH]2)cc2c(N3CCc4ccc(NC(=O)C5(N)CCCCC5)cc4C3)ncnc12. The number of carbonyl (C=O) groups is 1. The maximum absolute atomic E-state index is 13.0. The molecule has 0 radical (unpaired) electrons. The van der Waals surface area contributed by atoms with E-state index in [2.05, 4.69) is 56.6 Å². The lowest BCUT2D eigenvalue weighted by Crippen LogP contribution is -2.52. The average Bonchev–Trinajstić information content (AvgIpc) is 3.44. The molecule has 2 aromatic carbocycles. The van der Waals surface area contributed by atoms with Gasteiger partial charge in [0.15, 0.2) is 0 Å². The van der Waals surface area contributed by atoms with E-state index in [1.54, 1.807) is 12.5 Å². The lowest BCUT2D eigenvalue weighted by atomic mass is 9.82. The predicted molar refractivity (Wildman–Crippen MR) is 142 cm³/mol. The van der Waals surface area contributed by atoms with Crippen molar-refractivity contribution < 1.29 is 4.79 Å². The van der Waals surface area contributed by atoms with E-state index in [4.69, 9.17) is 10.7 Å². The van der Waals surface area contributed by atoms with Crippen LogP contribution >= 0.6 is 0 Å². The Labute approximate surface area is 210 Å². The highest BCUT2D eigenvalue weighted by Gasteiger charge is 2.35. The first kappa shape index (κ1) is 22.7. The van der Waals surface area contributed by atoms with E-state index >= 15 is 0 Å². The summed E-state index contributed by atoms with van der Waals surface area (Å²) in [5.41, 5.74) is 13.1. The number of anilines is 2. The Bertz CT molecular complexity index is 1420. The summed E-state index contributed by atoms with van der Waals surface area (Å²) in [5.74, 6) is 0.853. The van der Waals surface area contributed by atoms with Crippen molar-refractivity contribution in [2.24, 2.45) is 5.73 Å². The van der Waals surface area contributed by atoms with E-state index < -0.39 is 5.54 Å². The second-order valence-electron chi connectivity index (χ2n) is 10.2. The first-order valence-electron chi connectivity index (χ1n) is 12.7. The molecule has 1 aliphatic carbocycles. The zero-order valence-electron chi connectivity index (χ0n) is 20.6. The molecule has 0 spiro atoms. The number of nitrogens with one attached hydrogen (secondary N) is 2. The molecular weight excluding hydrogens is 450 g/mol. The average molecular weight is 482 g/mol. The molecule has 2 aromatic heterocycles. The van der Waals surface area contributed by atoms with Gasteiger partial charge in [0.25, 0.3) is 0 Å². The predicted octanol–water partition coefficient (Wildman–Crippen LogP) is 4.49. The molecule has 184 valence electrons. The van der Waals surface area contributed by atoms with Gasteiger partial charge in [-0.1, -0.05) is 25.3 Å². The first-order valence-corrected chi connectivity index (χ1v) is 12.7. The summed E-state index contributed by atoms with van der Waals surface area (Å²) in [6.45, 7) is 3.66. The molecule has 4 N–H and O–H groups in total. The molecule has 1 amide bonds. The minimum Gasteiger partial charge on any atom is -0.351 e. The Hall–Kier alpha value is -3.78. The van der Waals surface area contributed by atoms with E-state index in [0.717, 1.165) is 84.3 Å². The summed E-state index contributed by atoms with van der Waals surface area (Å²) in [6.07, 6.45) is 9.00. The number of nitrogens with zero attached hydrogens (tertiary/aromatic N) is 4. The number of hydrogen-bond acceptors (Lipinski definition) is 6. The monoisotopic (exact) mass is 481 g/mol. The maximum Gasteiger partial charge on any atom is 0.244 e. The van der Waals surface area contributed by atoms with Crippen LogP contribution in [0, 0.1) is 6.92 Å². The normalized spacial score (nSPS) is 17.1. The van der Waals surface area contributed by atoms with Crippen LogP contribution in [0.3, 0.4) is 0 Å². The maximum atomic E-state index is 13.0. The Morgan fingerprint density at radius 2 is 1.94 bits per heavy atom. The number of H-pyrrole nitrogens is 1. The summed E-state index contributed by atoms with van der Waals surface area (Å²) in [4.78, 5) is 24.6. The second kappa shape index (κ2) is 9.02. The van der Waals surface area contributed by atoms with Crippen molar-refractivity contribution in [1.29, 1.82) is 0 Å². The van der Waals surface area contributed by atoms with Gasteiger partial charge >= 0.3 is 0 Å². The van der Waals surface area contributed by atoms with Gasteiger partial charge in [-0.05, 0) is 73.2 Å². The van der Waals surface area contributed by atoms with Crippen LogP contribution in [0.15, 0.2) is 48.9 Å². The number of nitrogens with two attached hydrogens (primary N) is 1. The van der Waals surface area contributed by atoms with Crippen molar-refractivity contribution in [3.63, 3.8) is 0 Å². The molecule has 3 heterocycles. The van der Waals surface area contributed by atoms with Gasteiger partial charge in [0.05, 0.1) is 16.7 Å². The van der Waals surface area contributed by atoms with Gasteiger partial charge in [0.1, 0.15) is 12.1 Å². The highest BCUT2D eigenvalue weighted by atomic mass is 16.2. The fourth-order valence-corrected chi connectivity index (χ4v) is 5.64. The van der Waals surface area contributed by atoms with Crippen molar-refractivity contribution >= 4 is 28.3 Å². The molecule has 1 fully saturated rings. The van der Waals surface area contributed by atoms with Crippen LogP contribution in [0.25, 0.3) is 22.2 Å². The molecule has 2 aliphatic rings. The Balaban J connectivity index is 1.29. The molecule has 1 aliphatic heterocycles. The fourth-order valence-electron chi connectivity index (χ4n) is 5.64. The van der Waals surface area contributed by atoms with Crippen molar-refractivity contribution in [2.45, 2.75) is 57.5 Å². The van der Waals surface area contributed by atoms with E-state index in [9.17, 15) is 4.79 Å². The van der Waals surface area contributed by atoms with Gasteiger partial charge in [0.2, 0.25) is 5.91 Å². The number of aromatic amines is 1. The summed E-state index contributed by atoms with van der Waals surface area (Å²) >= 11 is 0. The van der Waals surface area contributed by atoms with Crippen LogP contribution in [-0.4, -0.2) is 38.2 Å². The topological polar surface area (TPSA) is 113 Å². The summed E-state index contributed by atoms with van der Waals surface area (Å²) in [6, 6.07) is 12.5. The molecule has 0 atom stereocenters. The smallest absolute Gasteiger partial charge is 0.244 e. The minimum absolute atomic E-state index is 0.0709. The van der Waals surface area contributed by atoms with Crippen LogP contribution in [0.4, 0.5) is 11.5 Å². The van der Waals surface area contributed by atoms with Crippen LogP contribution in [0.1, 0.15) is 48.8 Å². The first-order chi connectivity index (χ1) is 17.5. The van der Waals surface area contributed by atoms with E-state index in [0.29, 0.717) is 6.54 Å². The van der Waals surface area contributed by atoms with Gasteiger partial charge in [-0.15, -0.1) is 0 Å². The van der Waals surface area contributed by atoms with Crippen molar-refractivity contribution in [3.05, 3.63) is 65.6 Å². The fraction of sp³-hybridized carbons (Fsp3) is 0.357. The number of fused-ring (bicyclic) bond motifs is 2. The molecule has 0 unspecified atom stereocenters. The van der Waals surface area contributed by atoms with Gasteiger partial charge in [-0.2, -0.15) is 5.10 Å². The van der Waals surface area contributed by atoms with E-state index in [1.807, 2.05) is 12.1 Å². The molecule has 1 saturated carbocycles. The van der Waals surface area contributed by atoms with Gasteiger partial charge in [0, 0.05) is 35.9 Å². The lowest BCUT2D eigenvalue weighted by molar-refractivity contribution is -0.122. The lowest BCUT2D eigenvalue weighted by Gasteiger charge is -2.33. The molecule has 36 heavy (non-hydrogen) atoms. The zero-order chi connectivity index (χ0) is 24.7. The number of aromatic nitrogens is 4. The summed E-state index contributed by atoms with van der Waals surface area (Å²) < 4.78 is 0. The third-order valence-electron chi connectivity index (χ3n) is 7.69. The van der Waals surface area contributed by atoms with Crippen LogP contribution in [0.5, 0.6) is 0 Å². The molecule has 0 saturated heterocycles. The minimum atomic E-state index is -0.760. The Morgan fingerprint density at radius 1 is 1.08 bits per heavy atom. The van der Waals surface area contributed by atoms with Crippen molar-refractivity contribution in [3.8, 4) is 11.3 Å². The molecule has 4 aromatic rings. The highest BCUT2D eigenvalue weighted by Crippen LogP contribution is 2.34. The van der Waals surface area contributed by atoms with Crippen LogP contribution in [0.2, 0.25) is 0 Å². The third-order valence-corrected chi connectivity index (χ3v) is 7.69. The molecule has 0 bridgehead atoms. The molecule has 6 rings (SSSR count). The van der Waals surface area contributed by atoms with Gasteiger partial charge < -0.3 is 16.0 Å². The van der Waals surface area contributed by atoms with Crippen molar-refractivity contribution in [1.82, 2.24) is 20.2 Å². The molecule has 8 heteroatoms. The standard InChI is InChI=1S/C28H31N7O/c1-18-13-20(24-7-11-32-34-24)15-23-25(18)30-17-31-26(23)35-12-8-19-5-6-22(14-21(19)16-35)33-27(36)28(29)9-3-2-4-10-28/h5-7,11,13-15,17H,2-4,8-10,12,16,29H2,1H3,(H,32,34)(H,33,36). The zero-order valence-corrected chi connectivity index (χ0v) is 20.6. The van der Waals surface area contributed by atoms with E-state index in [1.165, 1.54) is 11.1 Å². The number of benzene rings is 2.